The Labute approximate surface area is 147 Å². The third-order valence-corrected chi connectivity index (χ3v) is 3.83. The highest BCUT2D eigenvalue weighted by molar-refractivity contribution is 6.42. The van der Waals surface area contributed by atoms with Crippen LogP contribution in [0.4, 0.5) is 14.5 Å². The Hall–Kier alpha value is -2.18. The number of hydrogen-bond donors (Lipinski definition) is 1. The fourth-order valence-corrected chi connectivity index (χ4v) is 2.23. The average Bonchev–Trinajstić information content (AvgIpc) is 2.52. The van der Waals surface area contributed by atoms with Crippen LogP contribution in [-0.4, -0.2) is 30.3 Å². The SMILES string of the molecule is CN(CC(=O)Nc1ccc(Cl)c(Cl)c1)C(=O)c1cc(F)ccc1F. The molecule has 0 fully saturated rings. The van der Waals surface area contributed by atoms with Crippen molar-refractivity contribution in [3.8, 4) is 0 Å². The number of rotatable bonds is 4. The van der Waals surface area contributed by atoms with Crippen molar-refractivity contribution in [3.63, 3.8) is 0 Å². The minimum absolute atomic E-state index is 0.265. The van der Waals surface area contributed by atoms with Crippen molar-refractivity contribution in [1.82, 2.24) is 4.90 Å². The number of halogens is 4. The van der Waals surface area contributed by atoms with Gasteiger partial charge in [-0.2, -0.15) is 0 Å². The van der Waals surface area contributed by atoms with E-state index in [0.29, 0.717) is 10.7 Å². The van der Waals surface area contributed by atoms with E-state index in [9.17, 15) is 18.4 Å². The second-order valence-electron chi connectivity index (χ2n) is 4.96. The van der Waals surface area contributed by atoms with Crippen molar-refractivity contribution in [1.29, 1.82) is 0 Å². The molecule has 0 aliphatic rings. The van der Waals surface area contributed by atoms with Crippen molar-refractivity contribution in [2.75, 3.05) is 18.9 Å². The summed E-state index contributed by atoms with van der Waals surface area (Å²) in [7, 11) is 1.31. The lowest BCUT2D eigenvalue weighted by Crippen LogP contribution is -2.35. The quantitative estimate of drug-likeness (QED) is 0.882. The van der Waals surface area contributed by atoms with Crippen LogP contribution in [0.5, 0.6) is 0 Å². The van der Waals surface area contributed by atoms with Gasteiger partial charge >= 0.3 is 0 Å². The smallest absolute Gasteiger partial charge is 0.257 e. The maximum atomic E-state index is 13.6. The summed E-state index contributed by atoms with van der Waals surface area (Å²) < 4.78 is 26.8. The summed E-state index contributed by atoms with van der Waals surface area (Å²) in [6.45, 7) is -0.352. The van der Waals surface area contributed by atoms with Crippen molar-refractivity contribution >= 4 is 40.7 Å². The van der Waals surface area contributed by atoms with Gasteiger partial charge in [-0.3, -0.25) is 9.59 Å². The van der Waals surface area contributed by atoms with Crippen molar-refractivity contribution in [3.05, 3.63) is 63.6 Å². The van der Waals surface area contributed by atoms with Crippen LogP contribution in [0.25, 0.3) is 0 Å². The van der Waals surface area contributed by atoms with Crippen LogP contribution in [0.1, 0.15) is 10.4 Å². The third-order valence-electron chi connectivity index (χ3n) is 3.09. The maximum absolute atomic E-state index is 13.6. The molecule has 0 spiro atoms. The molecule has 0 atom stereocenters. The van der Waals surface area contributed by atoms with Gasteiger partial charge in [-0.05, 0) is 36.4 Å². The summed E-state index contributed by atoms with van der Waals surface area (Å²) in [6.07, 6.45) is 0. The monoisotopic (exact) mass is 372 g/mol. The number of carbonyl (C=O) groups excluding carboxylic acids is 2. The molecule has 2 rings (SSSR count). The molecule has 2 amide bonds. The lowest BCUT2D eigenvalue weighted by atomic mass is 10.2. The Morgan fingerprint density at radius 1 is 1.08 bits per heavy atom. The van der Waals surface area contributed by atoms with Crippen LogP contribution < -0.4 is 5.32 Å². The predicted octanol–water partition coefficient (Wildman–Crippen LogP) is 3.98. The number of nitrogens with zero attached hydrogens (tertiary/aromatic N) is 1. The molecule has 2 aromatic rings. The van der Waals surface area contributed by atoms with E-state index >= 15 is 0 Å². The van der Waals surface area contributed by atoms with Gasteiger partial charge in [0.2, 0.25) is 5.91 Å². The van der Waals surface area contributed by atoms with Gasteiger partial charge in [0, 0.05) is 12.7 Å². The van der Waals surface area contributed by atoms with Gasteiger partial charge in [0.05, 0.1) is 22.2 Å². The Morgan fingerprint density at radius 2 is 1.79 bits per heavy atom. The van der Waals surface area contributed by atoms with Crippen LogP contribution in [0.3, 0.4) is 0 Å². The minimum Gasteiger partial charge on any atom is -0.332 e. The molecule has 0 saturated carbocycles. The molecule has 8 heteroatoms. The zero-order valence-corrected chi connectivity index (χ0v) is 14.0. The number of amides is 2. The molecule has 0 bridgehead atoms. The Morgan fingerprint density at radius 3 is 2.46 bits per heavy atom. The number of hydrogen-bond acceptors (Lipinski definition) is 2. The van der Waals surface area contributed by atoms with E-state index in [-0.39, 0.29) is 11.6 Å². The van der Waals surface area contributed by atoms with Gasteiger partial charge < -0.3 is 10.2 Å². The first kappa shape index (κ1) is 18.2. The van der Waals surface area contributed by atoms with Gasteiger partial charge in [0.25, 0.3) is 5.91 Å². The van der Waals surface area contributed by atoms with Gasteiger partial charge in [0.1, 0.15) is 11.6 Å². The Bertz CT molecular complexity index is 800. The molecule has 0 aliphatic heterocycles. The van der Waals surface area contributed by atoms with Gasteiger partial charge in [-0.1, -0.05) is 23.2 Å². The van der Waals surface area contributed by atoms with Gasteiger partial charge in [-0.15, -0.1) is 0 Å². The van der Waals surface area contributed by atoms with Crippen molar-refractivity contribution in [2.45, 2.75) is 0 Å². The van der Waals surface area contributed by atoms with E-state index in [0.717, 1.165) is 23.1 Å². The zero-order chi connectivity index (χ0) is 17.9. The number of carbonyl (C=O) groups is 2. The highest BCUT2D eigenvalue weighted by Crippen LogP contribution is 2.25. The molecule has 0 heterocycles. The molecule has 4 nitrogen and oxygen atoms in total. The number of anilines is 1. The van der Waals surface area contributed by atoms with Crippen LogP contribution in [0.2, 0.25) is 10.0 Å². The van der Waals surface area contributed by atoms with Crippen molar-refractivity contribution < 1.29 is 18.4 Å². The summed E-state index contributed by atoms with van der Waals surface area (Å²) in [5.41, 5.74) is -0.0491. The predicted molar refractivity (Wildman–Crippen MR) is 88.4 cm³/mol. The first-order valence-corrected chi connectivity index (χ1v) is 7.49. The molecular weight excluding hydrogens is 361 g/mol. The summed E-state index contributed by atoms with van der Waals surface area (Å²) in [6, 6.07) is 7.05. The fraction of sp³-hybridized carbons (Fsp3) is 0.125. The molecule has 126 valence electrons. The van der Waals surface area contributed by atoms with E-state index in [2.05, 4.69) is 5.32 Å². The molecule has 24 heavy (non-hydrogen) atoms. The average molecular weight is 373 g/mol. The normalized spacial score (nSPS) is 10.4. The Balaban J connectivity index is 2.04. The lowest BCUT2D eigenvalue weighted by Gasteiger charge is -2.17. The summed E-state index contributed by atoms with van der Waals surface area (Å²) in [5.74, 6) is -2.94. The van der Waals surface area contributed by atoms with Crippen LogP contribution in [0.15, 0.2) is 36.4 Å². The van der Waals surface area contributed by atoms with Gasteiger partial charge in [-0.25, -0.2) is 8.78 Å². The third kappa shape index (κ3) is 4.43. The van der Waals surface area contributed by atoms with Gasteiger partial charge in [0.15, 0.2) is 0 Å². The minimum atomic E-state index is -0.863. The van der Waals surface area contributed by atoms with Crippen molar-refractivity contribution in [2.24, 2.45) is 0 Å². The van der Waals surface area contributed by atoms with E-state index in [4.69, 9.17) is 23.2 Å². The zero-order valence-electron chi connectivity index (χ0n) is 12.4. The number of benzene rings is 2. The Kier molecular flexibility index (Phi) is 5.75. The van der Waals surface area contributed by atoms with E-state index in [1.165, 1.54) is 19.2 Å². The standard InChI is InChI=1S/C16H12Cl2F2N2O2/c1-22(16(24)11-6-9(19)2-5-14(11)20)8-15(23)21-10-3-4-12(17)13(18)7-10/h2-7H,8H2,1H3,(H,21,23). The molecule has 0 aliphatic carbocycles. The molecule has 0 radical (unpaired) electrons. The maximum Gasteiger partial charge on any atom is 0.257 e. The number of likely N-dealkylation sites (N-methyl/N-ethyl adjacent to an activating group) is 1. The van der Waals surface area contributed by atoms with E-state index in [1.807, 2.05) is 0 Å². The van der Waals surface area contributed by atoms with Crippen LogP contribution >= 0.6 is 23.2 Å². The van der Waals surface area contributed by atoms with Crippen LogP contribution in [-0.2, 0) is 4.79 Å². The largest absolute Gasteiger partial charge is 0.332 e. The fourth-order valence-electron chi connectivity index (χ4n) is 1.93. The molecule has 0 unspecified atom stereocenters. The topological polar surface area (TPSA) is 49.4 Å². The second kappa shape index (κ2) is 7.59. The molecule has 2 aromatic carbocycles. The first-order valence-electron chi connectivity index (χ1n) is 6.73. The lowest BCUT2D eigenvalue weighted by molar-refractivity contribution is -0.116. The number of nitrogens with one attached hydrogen (secondary N) is 1. The molecule has 1 N–H and O–H groups in total. The highest BCUT2D eigenvalue weighted by atomic mass is 35.5. The summed E-state index contributed by atoms with van der Waals surface area (Å²) >= 11 is 11.6. The first-order chi connectivity index (χ1) is 11.3. The molecular formula is C16H12Cl2F2N2O2. The molecule has 0 aromatic heterocycles. The van der Waals surface area contributed by atoms with E-state index < -0.39 is 29.0 Å². The molecule has 0 saturated heterocycles. The highest BCUT2D eigenvalue weighted by Gasteiger charge is 2.19. The summed E-state index contributed by atoms with van der Waals surface area (Å²) in [5, 5.41) is 3.13. The van der Waals surface area contributed by atoms with E-state index in [1.54, 1.807) is 6.07 Å². The van der Waals surface area contributed by atoms with Crippen LogP contribution in [0, 0.1) is 11.6 Å². The second-order valence-corrected chi connectivity index (χ2v) is 5.78. The summed E-state index contributed by atoms with van der Waals surface area (Å²) in [4.78, 5) is 25.0.